The van der Waals surface area contributed by atoms with E-state index in [4.69, 9.17) is 10.00 Å². The predicted octanol–water partition coefficient (Wildman–Crippen LogP) is 2.96. The smallest absolute Gasteiger partial charge is 0.311 e. The Hall–Kier alpha value is -2.94. The molecule has 0 saturated carbocycles. The number of nitrogens with zero attached hydrogens (tertiary/aromatic N) is 3. The number of hydrogen-bond donors (Lipinski definition) is 0. The highest BCUT2D eigenvalue weighted by atomic mass is 16.6. The molecular formula is C13H9N3O3. The van der Waals surface area contributed by atoms with Crippen LogP contribution in [-0.2, 0) is 0 Å². The summed E-state index contributed by atoms with van der Waals surface area (Å²) >= 11 is 0. The zero-order valence-electron chi connectivity index (χ0n) is 10.0. The van der Waals surface area contributed by atoms with Crippen molar-refractivity contribution in [1.29, 1.82) is 5.26 Å². The maximum absolute atomic E-state index is 11.0. The van der Waals surface area contributed by atoms with Crippen LogP contribution in [0.5, 0.6) is 11.6 Å². The number of pyridine rings is 1. The van der Waals surface area contributed by atoms with E-state index in [-0.39, 0.29) is 22.9 Å². The van der Waals surface area contributed by atoms with Gasteiger partial charge >= 0.3 is 5.69 Å². The van der Waals surface area contributed by atoms with Gasteiger partial charge in [0.2, 0.25) is 11.6 Å². The second-order valence-corrected chi connectivity index (χ2v) is 3.80. The zero-order chi connectivity index (χ0) is 13.8. The van der Waals surface area contributed by atoms with Crippen molar-refractivity contribution in [1.82, 2.24) is 4.98 Å². The average molecular weight is 255 g/mol. The van der Waals surface area contributed by atoms with Gasteiger partial charge in [0.15, 0.2) is 0 Å². The summed E-state index contributed by atoms with van der Waals surface area (Å²) in [4.78, 5) is 14.3. The van der Waals surface area contributed by atoms with Gasteiger partial charge in [0.1, 0.15) is 11.6 Å². The fourth-order valence-corrected chi connectivity index (χ4v) is 1.52. The molecule has 0 aliphatic carbocycles. The molecule has 0 amide bonds. The number of rotatable bonds is 3. The molecule has 1 heterocycles. The van der Waals surface area contributed by atoms with Crippen LogP contribution in [0.1, 0.15) is 11.1 Å². The number of aryl methyl sites for hydroxylation is 1. The Balaban J connectivity index is 2.44. The molecule has 0 bridgehead atoms. The summed E-state index contributed by atoms with van der Waals surface area (Å²) in [6.07, 6.45) is 1.45. The lowest BCUT2D eigenvalue weighted by molar-refractivity contribution is -0.385. The van der Waals surface area contributed by atoms with E-state index in [0.29, 0.717) is 0 Å². The second kappa shape index (κ2) is 5.14. The van der Waals surface area contributed by atoms with Crippen LogP contribution in [-0.4, -0.2) is 9.91 Å². The Bertz CT molecular complexity index is 677. The van der Waals surface area contributed by atoms with Crippen molar-refractivity contribution in [3.05, 3.63) is 57.8 Å². The van der Waals surface area contributed by atoms with Crippen molar-refractivity contribution in [3.8, 4) is 17.7 Å². The van der Waals surface area contributed by atoms with Crippen LogP contribution in [0, 0.1) is 28.4 Å². The van der Waals surface area contributed by atoms with Gasteiger partial charge in [0.05, 0.1) is 4.92 Å². The van der Waals surface area contributed by atoms with E-state index < -0.39 is 4.92 Å². The fourth-order valence-electron chi connectivity index (χ4n) is 1.52. The molecule has 0 saturated heterocycles. The minimum absolute atomic E-state index is 0.0527. The fraction of sp³-hybridized carbons (Fsp3) is 0.0769. The largest absolute Gasteiger partial charge is 0.430 e. The van der Waals surface area contributed by atoms with Gasteiger partial charge in [-0.1, -0.05) is 6.07 Å². The summed E-state index contributed by atoms with van der Waals surface area (Å²) in [5, 5.41) is 19.9. The van der Waals surface area contributed by atoms with Crippen LogP contribution in [0.3, 0.4) is 0 Å². The van der Waals surface area contributed by atoms with Crippen LogP contribution in [0.25, 0.3) is 0 Å². The first-order valence-electron chi connectivity index (χ1n) is 5.40. The Labute approximate surface area is 109 Å². The third-order valence-corrected chi connectivity index (χ3v) is 2.41. The Morgan fingerprint density at radius 1 is 1.42 bits per heavy atom. The molecule has 6 heteroatoms. The van der Waals surface area contributed by atoms with Gasteiger partial charge in [-0.15, -0.1) is 0 Å². The van der Waals surface area contributed by atoms with Gasteiger partial charge in [0, 0.05) is 12.3 Å². The number of nitro benzene ring substituents is 1. The number of nitro groups is 1. The van der Waals surface area contributed by atoms with Gasteiger partial charge in [-0.25, -0.2) is 4.98 Å². The highest BCUT2D eigenvalue weighted by Crippen LogP contribution is 2.32. The van der Waals surface area contributed by atoms with Gasteiger partial charge in [-0.3, -0.25) is 10.1 Å². The van der Waals surface area contributed by atoms with Crippen molar-refractivity contribution >= 4 is 5.69 Å². The summed E-state index contributed by atoms with van der Waals surface area (Å²) in [6, 6.07) is 9.63. The number of nitriles is 1. The maximum atomic E-state index is 11.0. The lowest BCUT2D eigenvalue weighted by atomic mass is 10.2. The summed E-state index contributed by atoms with van der Waals surface area (Å²) < 4.78 is 5.37. The summed E-state index contributed by atoms with van der Waals surface area (Å²) in [6.45, 7) is 1.75. The lowest BCUT2D eigenvalue weighted by Gasteiger charge is -2.06. The van der Waals surface area contributed by atoms with Crippen LogP contribution in [0.4, 0.5) is 5.69 Å². The van der Waals surface area contributed by atoms with E-state index in [1.54, 1.807) is 19.1 Å². The van der Waals surface area contributed by atoms with Crippen molar-refractivity contribution in [2.24, 2.45) is 0 Å². The Morgan fingerprint density at radius 2 is 2.21 bits per heavy atom. The van der Waals surface area contributed by atoms with E-state index in [9.17, 15) is 10.1 Å². The molecule has 0 N–H and O–H groups in total. The molecule has 0 spiro atoms. The molecule has 0 atom stereocenters. The van der Waals surface area contributed by atoms with Crippen molar-refractivity contribution in [2.75, 3.05) is 0 Å². The van der Waals surface area contributed by atoms with Gasteiger partial charge < -0.3 is 4.74 Å². The highest BCUT2D eigenvalue weighted by Gasteiger charge is 2.17. The van der Waals surface area contributed by atoms with Crippen LogP contribution in [0.2, 0.25) is 0 Å². The van der Waals surface area contributed by atoms with Crippen LogP contribution >= 0.6 is 0 Å². The third kappa shape index (κ3) is 2.66. The zero-order valence-corrected chi connectivity index (χ0v) is 10.0. The lowest BCUT2D eigenvalue weighted by Crippen LogP contribution is -1.96. The van der Waals surface area contributed by atoms with Crippen LogP contribution in [0.15, 0.2) is 36.5 Å². The normalized spacial score (nSPS) is 9.68. The molecule has 0 unspecified atom stereocenters. The molecule has 1 aromatic carbocycles. The van der Waals surface area contributed by atoms with Crippen molar-refractivity contribution in [2.45, 2.75) is 6.92 Å². The van der Waals surface area contributed by atoms with Gasteiger partial charge in [0.25, 0.3) is 0 Å². The number of aromatic nitrogens is 1. The molecule has 2 rings (SSSR count). The standard InChI is InChI=1S/C13H9N3O3/c1-9-4-5-12(11(7-9)16(17)18)19-13-10(8-14)3-2-6-15-13/h2-7H,1H3. The third-order valence-electron chi connectivity index (χ3n) is 2.41. The Morgan fingerprint density at radius 3 is 2.89 bits per heavy atom. The highest BCUT2D eigenvalue weighted by molar-refractivity contribution is 5.51. The van der Waals surface area contributed by atoms with Gasteiger partial charge in [-0.05, 0) is 30.7 Å². The molecule has 6 nitrogen and oxygen atoms in total. The quantitative estimate of drug-likeness (QED) is 0.621. The first kappa shape index (κ1) is 12.5. The molecule has 19 heavy (non-hydrogen) atoms. The number of hydrogen-bond acceptors (Lipinski definition) is 5. The molecule has 0 radical (unpaired) electrons. The summed E-state index contributed by atoms with van der Waals surface area (Å²) in [5.74, 6) is 0.114. The van der Waals surface area contributed by atoms with Gasteiger partial charge in [-0.2, -0.15) is 5.26 Å². The molecule has 0 aliphatic rings. The average Bonchev–Trinajstić information content (AvgIpc) is 2.41. The molecule has 1 aromatic heterocycles. The molecule has 0 fully saturated rings. The van der Waals surface area contributed by atoms with E-state index in [1.807, 2.05) is 6.07 Å². The predicted molar refractivity (Wildman–Crippen MR) is 66.9 cm³/mol. The van der Waals surface area contributed by atoms with Crippen LogP contribution < -0.4 is 4.74 Å². The monoisotopic (exact) mass is 255 g/mol. The molecule has 0 aliphatic heterocycles. The van der Waals surface area contributed by atoms with E-state index in [0.717, 1.165) is 5.56 Å². The number of benzene rings is 1. The molecular weight excluding hydrogens is 246 g/mol. The van der Waals surface area contributed by atoms with E-state index in [2.05, 4.69) is 4.98 Å². The van der Waals surface area contributed by atoms with Crippen molar-refractivity contribution < 1.29 is 9.66 Å². The second-order valence-electron chi connectivity index (χ2n) is 3.80. The summed E-state index contributed by atoms with van der Waals surface area (Å²) in [7, 11) is 0. The number of ether oxygens (including phenoxy) is 1. The first-order valence-corrected chi connectivity index (χ1v) is 5.40. The Kier molecular flexibility index (Phi) is 3.39. The minimum atomic E-state index is -0.530. The van der Waals surface area contributed by atoms with E-state index in [1.165, 1.54) is 24.4 Å². The topological polar surface area (TPSA) is 89.0 Å². The van der Waals surface area contributed by atoms with E-state index >= 15 is 0 Å². The SMILES string of the molecule is Cc1ccc(Oc2ncccc2C#N)c([N+](=O)[O-])c1. The minimum Gasteiger partial charge on any atom is -0.430 e. The first-order chi connectivity index (χ1) is 9.11. The molecule has 94 valence electrons. The molecule has 2 aromatic rings. The summed E-state index contributed by atoms with van der Waals surface area (Å²) in [5.41, 5.74) is 0.812. The van der Waals surface area contributed by atoms with Crippen molar-refractivity contribution in [3.63, 3.8) is 0 Å². The maximum Gasteiger partial charge on any atom is 0.311 e.